The molecule has 0 bridgehead atoms. The number of rotatable bonds is 4. The van der Waals surface area contributed by atoms with Crippen LogP contribution < -0.4 is 5.32 Å². The van der Waals surface area contributed by atoms with Crippen LogP contribution in [-0.4, -0.2) is 30.8 Å². The molecule has 0 aromatic heterocycles. The van der Waals surface area contributed by atoms with Crippen molar-refractivity contribution in [1.29, 1.82) is 0 Å². The predicted octanol–water partition coefficient (Wildman–Crippen LogP) is 3.27. The van der Waals surface area contributed by atoms with Gasteiger partial charge in [-0.25, -0.2) is 9.59 Å². The summed E-state index contributed by atoms with van der Waals surface area (Å²) in [4.78, 5) is 23.7. The summed E-state index contributed by atoms with van der Waals surface area (Å²) in [7, 11) is 1.34. The van der Waals surface area contributed by atoms with E-state index < -0.39 is 23.7 Å². The molecule has 0 saturated heterocycles. The van der Waals surface area contributed by atoms with Crippen molar-refractivity contribution in [2.24, 2.45) is 11.8 Å². The smallest absolute Gasteiger partial charge is 0.408 e. The van der Waals surface area contributed by atoms with E-state index in [1.807, 2.05) is 0 Å². The molecule has 1 amide bonds. The number of carbonyl (C=O) groups excluding carboxylic acids is 2. The summed E-state index contributed by atoms with van der Waals surface area (Å²) < 4.78 is 10.0. The minimum Gasteiger partial charge on any atom is -0.467 e. The van der Waals surface area contributed by atoms with Gasteiger partial charge < -0.3 is 14.8 Å². The number of amides is 1. The third-order valence-electron chi connectivity index (χ3n) is 3.79. The normalized spacial score (nSPS) is 24.0. The fraction of sp³-hybridized carbons (Fsp3) is 0.875. The number of methoxy groups -OCH3 is 1. The summed E-state index contributed by atoms with van der Waals surface area (Å²) in [5, 5.41) is 2.65. The number of hydrogen-bond acceptors (Lipinski definition) is 4. The lowest BCUT2D eigenvalue weighted by atomic mass is 9.79. The second-order valence-electron chi connectivity index (χ2n) is 7.10. The van der Waals surface area contributed by atoms with Gasteiger partial charge in [-0.3, -0.25) is 0 Å². The van der Waals surface area contributed by atoms with Crippen LogP contribution in [0.3, 0.4) is 0 Å². The SMILES string of the molecule is COC(=O)[C@H](CC1CCCC(C)C1)NC(=O)OC(C)(C)C. The van der Waals surface area contributed by atoms with E-state index in [9.17, 15) is 9.59 Å². The van der Waals surface area contributed by atoms with E-state index in [4.69, 9.17) is 9.47 Å². The number of alkyl carbamates (subject to hydrolysis) is 1. The van der Waals surface area contributed by atoms with Gasteiger partial charge in [-0.2, -0.15) is 0 Å². The van der Waals surface area contributed by atoms with E-state index in [1.54, 1.807) is 20.8 Å². The van der Waals surface area contributed by atoms with Crippen LogP contribution >= 0.6 is 0 Å². The predicted molar refractivity (Wildman–Crippen MR) is 80.9 cm³/mol. The molecule has 0 heterocycles. The molecule has 0 radical (unpaired) electrons. The number of ether oxygens (including phenoxy) is 2. The van der Waals surface area contributed by atoms with Crippen molar-refractivity contribution in [3.63, 3.8) is 0 Å². The van der Waals surface area contributed by atoms with Crippen molar-refractivity contribution in [2.75, 3.05) is 7.11 Å². The van der Waals surface area contributed by atoms with E-state index in [2.05, 4.69) is 12.2 Å². The summed E-state index contributed by atoms with van der Waals surface area (Å²) in [5.74, 6) is 0.732. The molecule has 5 heteroatoms. The first-order valence-electron chi connectivity index (χ1n) is 7.78. The molecule has 0 spiro atoms. The Morgan fingerprint density at radius 1 is 1.29 bits per heavy atom. The van der Waals surface area contributed by atoms with Crippen LogP contribution in [-0.2, 0) is 14.3 Å². The third kappa shape index (κ3) is 6.82. The molecule has 1 aliphatic rings. The highest BCUT2D eigenvalue weighted by molar-refractivity contribution is 5.81. The standard InChI is InChI=1S/C16H29NO4/c1-11-7-6-8-12(9-11)10-13(14(18)20-5)17-15(19)21-16(2,3)4/h11-13H,6-10H2,1-5H3,(H,17,19)/t11?,12?,13-/m0/s1. The molecule has 3 atom stereocenters. The molecule has 1 fully saturated rings. The average Bonchev–Trinajstić information content (AvgIpc) is 2.34. The average molecular weight is 299 g/mol. The highest BCUT2D eigenvalue weighted by Crippen LogP contribution is 2.31. The van der Waals surface area contributed by atoms with E-state index in [0.29, 0.717) is 18.3 Å². The fourth-order valence-electron chi connectivity index (χ4n) is 2.91. The second-order valence-corrected chi connectivity index (χ2v) is 7.10. The lowest BCUT2D eigenvalue weighted by Crippen LogP contribution is -2.45. The molecule has 122 valence electrons. The molecule has 1 rings (SSSR count). The number of nitrogens with one attached hydrogen (secondary N) is 1. The van der Waals surface area contributed by atoms with Crippen LogP contribution in [0, 0.1) is 11.8 Å². The van der Waals surface area contributed by atoms with Crippen LogP contribution in [0.25, 0.3) is 0 Å². The second kappa shape index (κ2) is 7.66. The first-order chi connectivity index (χ1) is 9.71. The molecule has 0 aromatic rings. The van der Waals surface area contributed by atoms with Gasteiger partial charge >= 0.3 is 12.1 Å². The Hall–Kier alpha value is -1.26. The summed E-state index contributed by atoms with van der Waals surface area (Å²) >= 11 is 0. The zero-order valence-electron chi connectivity index (χ0n) is 13.9. The Morgan fingerprint density at radius 3 is 2.48 bits per heavy atom. The maximum Gasteiger partial charge on any atom is 0.408 e. The first kappa shape index (κ1) is 17.8. The summed E-state index contributed by atoms with van der Waals surface area (Å²) in [6.07, 6.45) is 4.69. The Morgan fingerprint density at radius 2 is 1.95 bits per heavy atom. The lowest BCUT2D eigenvalue weighted by Gasteiger charge is -2.29. The van der Waals surface area contributed by atoms with Crippen LogP contribution in [0.15, 0.2) is 0 Å². The monoisotopic (exact) mass is 299 g/mol. The van der Waals surface area contributed by atoms with Crippen molar-refractivity contribution in [3.8, 4) is 0 Å². The molecule has 1 N–H and O–H groups in total. The quantitative estimate of drug-likeness (QED) is 0.809. The molecule has 0 aliphatic heterocycles. The maximum absolute atomic E-state index is 11.9. The van der Waals surface area contributed by atoms with Gasteiger partial charge in [0.2, 0.25) is 0 Å². The minimum atomic E-state index is -0.625. The fourth-order valence-corrected chi connectivity index (χ4v) is 2.91. The summed E-state index contributed by atoms with van der Waals surface area (Å²) in [5.41, 5.74) is -0.579. The largest absolute Gasteiger partial charge is 0.467 e. The van der Waals surface area contributed by atoms with Crippen molar-refractivity contribution in [3.05, 3.63) is 0 Å². The molecule has 0 aromatic carbocycles. The van der Waals surface area contributed by atoms with Gasteiger partial charge in [0, 0.05) is 0 Å². The third-order valence-corrected chi connectivity index (χ3v) is 3.79. The Bertz CT molecular complexity index is 362. The molecule has 1 saturated carbocycles. The van der Waals surface area contributed by atoms with Gasteiger partial charge in [-0.15, -0.1) is 0 Å². The van der Waals surface area contributed by atoms with Gasteiger partial charge in [0.05, 0.1) is 7.11 Å². The van der Waals surface area contributed by atoms with Gasteiger partial charge in [-0.1, -0.05) is 26.2 Å². The van der Waals surface area contributed by atoms with E-state index >= 15 is 0 Å². The molecule has 5 nitrogen and oxygen atoms in total. The van der Waals surface area contributed by atoms with Crippen molar-refractivity contribution >= 4 is 12.1 Å². The maximum atomic E-state index is 11.9. The Balaban J connectivity index is 2.59. The molecular weight excluding hydrogens is 270 g/mol. The molecule has 1 aliphatic carbocycles. The molecule has 2 unspecified atom stereocenters. The van der Waals surface area contributed by atoms with E-state index in [-0.39, 0.29) is 0 Å². The zero-order valence-corrected chi connectivity index (χ0v) is 13.9. The highest BCUT2D eigenvalue weighted by atomic mass is 16.6. The zero-order chi connectivity index (χ0) is 16.0. The van der Waals surface area contributed by atoms with Crippen LogP contribution in [0.4, 0.5) is 4.79 Å². The van der Waals surface area contributed by atoms with Crippen molar-refractivity contribution in [1.82, 2.24) is 5.32 Å². The Kier molecular flexibility index (Phi) is 6.49. The van der Waals surface area contributed by atoms with Crippen molar-refractivity contribution in [2.45, 2.75) is 71.4 Å². The van der Waals surface area contributed by atoms with Crippen LogP contribution in [0.2, 0.25) is 0 Å². The number of carbonyl (C=O) groups is 2. The van der Waals surface area contributed by atoms with E-state index in [0.717, 1.165) is 12.8 Å². The Labute approximate surface area is 127 Å². The van der Waals surface area contributed by atoms with E-state index in [1.165, 1.54) is 20.0 Å². The van der Waals surface area contributed by atoms with Gasteiger partial charge in [0.25, 0.3) is 0 Å². The lowest BCUT2D eigenvalue weighted by molar-refractivity contribution is -0.143. The van der Waals surface area contributed by atoms with Crippen LogP contribution in [0.1, 0.15) is 59.8 Å². The number of esters is 1. The van der Waals surface area contributed by atoms with Crippen molar-refractivity contribution < 1.29 is 19.1 Å². The van der Waals surface area contributed by atoms with Gasteiger partial charge in [0.15, 0.2) is 0 Å². The first-order valence-corrected chi connectivity index (χ1v) is 7.78. The molecule has 21 heavy (non-hydrogen) atoms. The highest BCUT2D eigenvalue weighted by Gasteiger charge is 2.29. The van der Waals surface area contributed by atoms with Gasteiger partial charge in [0.1, 0.15) is 11.6 Å². The summed E-state index contributed by atoms with van der Waals surface area (Å²) in [6, 6.07) is -0.625. The minimum absolute atomic E-state index is 0.404. The number of hydrogen-bond donors (Lipinski definition) is 1. The molecular formula is C16H29NO4. The topological polar surface area (TPSA) is 64.6 Å². The summed E-state index contributed by atoms with van der Waals surface area (Å²) in [6.45, 7) is 7.62. The van der Waals surface area contributed by atoms with Gasteiger partial charge in [-0.05, 0) is 45.4 Å². The van der Waals surface area contributed by atoms with Crippen LogP contribution in [0.5, 0.6) is 0 Å².